The number of sulfonamides is 1. The van der Waals surface area contributed by atoms with E-state index in [0.717, 1.165) is 9.87 Å². The standard InChI is InChI=1S/C33H45N3O13S/c1-18(2)15-36(50(44,45)21-10-8-20(9-11-21)34-30-28(40)26(38)27(39)29(49-30)31(41)42)16-24(37)23(14-19-6-4-3-5-7-19)35-33(43)48-25-17-47-32-22(25)12-13-46-32/h3-11,18,22-30,32,34,37-40H,12-17H2,1-2H3,(H,35,43)(H,41,42)/t22-,23-,24+,25-,26-,27-,28+,29-,30+,32+/m0/s1. The molecule has 3 aliphatic rings. The monoisotopic (exact) mass is 723 g/mol. The summed E-state index contributed by atoms with van der Waals surface area (Å²) in [4.78, 5) is 24.4. The Bertz CT molecular complexity index is 1550. The summed E-state index contributed by atoms with van der Waals surface area (Å²) in [6, 6.07) is 13.5. The minimum Gasteiger partial charge on any atom is -0.479 e. The summed E-state index contributed by atoms with van der Waals surface area (Å²) < 4.78 is 51.0. The molecule has 50 heavy (non-hydrogen) atoms. The Hall–Kier alpha value is -3.39. The van der Waals surface area contributed by atoms with Crippen LogP contribution < -0.4 is 10.6 Å². The maximum absolute atomic E-state index is 14.0. The minimum atomic E-state index is -4.21. The Morgan fingerprint density at radius 1 is 0.980 bits per heavy atom. The van der Waals surface area contributed by atoms with Crippen LogP contribution in [0.5, 0.6) is 0 Å². The fourth-order valence-electron chi connectivity index (χ4n) is 6.27. The fourth-order valence-corrected chi connectivity index (χ4v) is 7.90. The second-order valence-corrected chi connectivity index (χ2v) is 15.1. The number of fused-ring (bicyclic) bond motifs is 1. The number of carboxylic acid groups (broad SMARTS) is 1. The summed E-state index contributed by atoms with van der Waals surface area (Å²) >= 11 is 0. The number of carbonyl (C=O) groups is 2. The molecule has 2 aromatic rings. The van der Waals surface area contributed by atoms with Gasteiger partial charge in [0.15, 0.2) is 18.6 Å². The lowest BCUT2D eigenvalue weighted by Crippen LogP contribution is -2.61. The predicted molar refractivity (Wildman–Crippen MR) is 175 cm³/mol. The fraction of sp³-hybridized carbons (Fsp3) is 0.576. The molecule has 3 fully saturated rings. The third kappa shape index (κ3) is 8.90. The highest BCUT2D eigenvalue weighted by Gasteiger charge is 2.47. The Kier molecular flexibility index (Phi) is 12.3. The van der Waals surface area contributed by atoms with Crippen LogP contribution in [0.15, 0.2) is 59.5 Å². The zero-order chi connectivity index (χ0) is 36.2. The van der Waals surface area contributed by atoms with Crippen molar-refractivity contribution in [2.24, 2.45) is 11.8 Å². The number of aliphatic hydroxyl groups excluding tert-OH is 4. The van der Waals surface area contributed by atoms with Gasteiger partial charge in [-0.05, 0) is 48.6 Å². The molecule has 0 unspecified atom stereocenters. The van der Waals surface area contributed by atoms with Crippen molar-refractivity contribution in [3.63, 3.8) is 0 Å². The van der Waals surface area contributed by atoms with Crippen molar-refractivity contribution in [3.8, 4) is 0 Å². The highest BCUT2D eigenvalue weighted by atomic mass is 32.2. The van der Waals surface area contributed by atoms with E-state index in [0.29, 0.717) is 13.0 Å². The Morgan fingerprint density at radius 2 is 1.68 bits per heavy atom. The number of anilines is 1. The number of hydrogen-bond acceptors (Lipinski definition) is 13. The van der Waals surface area contributed by atoms with Gasteiger partial charge < -0.3 is 55.1 Å². The molecule has 5 rings (SSSR count). The van der Waals surface area contributed by atoms with E-state index in [2.05, 4.69) is 10.6 Å². The van der Waals surface area contributed by atoms with Gasteiger partial charge in [-0.1, -0.05) is 44.2 Å². The third-order valence-corrected chi connectivity index (χ3v) is 10.8. The molecule has 0 aliphatic carbocycles. The molecule has 0 radical (unpaired) electrons. The highest BCUT2D eigenvalue weighted by molar-refractivity contribution is 7.89. The van der Waals surface area contributed by atoms with E-state index in [4.69, 9.17) is 18.9 Å². The summed E-state index contributed by atoms with van der Waals surface area (Å²) in [5, 5.41) is 56.7. The topological polar surface area (TPSA) is 234 Å². The first kappa shape index (κ1) is 37.9. The molecule has 7 N–H and O–H groups in total. The van der Waals surface area contributed by atoms with Gasteiger partial charge in [-0.15, -0.1) is 0 Å². The first-order valence-corrected chi connectivity index (χ1v) is 17.9. The number of carboxylic acids is 1. The number of alkyl carbamates (subject to hydrolysis) is 1. The van der Waals surface area contributed by atoms with Crippen molar-refractivity contribution in [2.75, 3.05) is 31.6 Å². The molecule has 1 amide bonds. The number of ether oxygens (including phenoxy) is 4. The van der Waals surface area contributed by atoms with Crippen LogP contribution in [0.1, 0.15) is 25.8 Å². The SMILES string of the molecule is CC(C)CN(C[C@@H](O)[C@H](Cc1ccccc1)NC(=O)O[C@H]1CO[C@H]2OCC[C@H]21)S(=O)(=O)c1ccc(N[C@@H]2O[C@H](C(=O)O)[C@@H](O)[C@H](O)[C@H]2O)cc1. The molecule has 3 saturated heterocycles. The number of hydrogen-bond donors (Lipinski definition) is 7. The lowest BCUT2D eigenvalue weighted by molar-refractivity contribution is -0.221. The zero-order valence-electron chi connectivity index (χ0n) is 27.6. The van der Waals surface area contributed by atoms with Gasteiger partial charge >= 0.3 is 12.1 Å². The summed E-state index contributed by atoms with van der Waals surface area (Å²) in [6.45, 7) is 4.03. The largest absolute Gasteiger partial charge is 0.479 e. The molecule has 0 saturated carbocycles. The van der Waals surface area contributed by atoms with Crippen LogP contribution in [0.4, 0.5) is 10.5 Å². The van der Waals surface area contributed by atoms with Crippen molar-refractivity contribution in [1.29, 1.82) is 0 Å². The maximum atomic E-state index is 14.0. The molecule has 3 heterocycles. The second-order valence-electron chi connectivity index (χ2n) is 13.1. The number of amides is 1. The molecule has 0 bridgehead atoms. The van der Waals surface area contributed by atoms with Crippen LogP contribution in [0.25, 0.3) is 0 Å². The highest BCUT2D eigenvalue weighted by Crippen LogP contribution is 2.33. The number of benzene rings is 2. The lowest BCUT2D eigenvalue weighted by atomic mass is 9.98. The molecule has 17 heteroatoms. The van der Waals surface area contributed by atoms with E-state index in [-0.39, 0.29) is 48.5 Å². The number of aliphatic carboxylic acids is 1. The Balaban J connectivity index is 1.29. The molecular formula is C33H45N3O13S. The first-order chi connectivity index (χ1) is 23.7. The van der Waals surface area contributed by atoms with Gasteiger partial charge in [-0.3, -0.25) is 0 Å². The van der Waals surface area contributed by atoms with Crippen LogP contribution in [0, 0.1) is 11.8 Å². The quantitative estimate of drug-likeness (QED) is 0.137. The molecule has 276 valence electrons. The van der Waals surface area contributed by atoms with Gasteiger partial charge in [0, 0.05) is 18.8 Å². The average molecular weight is 724 g/mol. The smallest absolute Gasteiger partial charge is 0.407 e. The van der Waals surface area contributed by atoms with E-state index in [1.54, 1.807) is 0 Å². The van der Waals surface area contributed by atoms with Crippen molar-refractivity contribution in [1.82, 2.24) is 9.62 Å². The predicted octanol–water partition coefficient (Wildman–Crippen LogP) is 0.0972. The summed E-state index contributed by atoms with van der Waals surface area (Å²) in [5.41, 5.74) is 1.03. The molecule has 2 aromatic carbocycles. The van der Waals surface area contributed by atoms with Crippen molar-refractivity contribution < 1.29 is 62.5 Å². The molecule has 3 aliphatic heterocycles. The van der Waals surface area contributed by atoms with E-state index in [1.807, 2.05) is 44.2 Å². The molecule has 16 nitrogen and oxygen atoms in total. The molecular weight excluding hydrogens is 678 g/mol. The van der Waals surface area contributed by atoms with E-state index in [1.165, 1.54) is 24.3 Å². The van der Waals surface area contributed by atoms with Crippen molar-refractivity contribution in [2.45, 2.75) is 86.8 Å². The van der Waals surface area contributed by atoms with Gasteiger partial charge in [-0.25, -0.2) is 18.0 Å². The van der Waals surface area contributed by atoms with E-state index >= 15 is 0 Å². The third-order valence-electron chi connectivity index (χ3n) is 8.93. The van der Waals surface area contributed by atoms with Gasteiger partial charge in [0.1, 0.15) is 24.4 Å². The van der Waals surface area contributed by atoms with Crippen LogP contribution in [-0.4, -0.2) is 132 Å². The van der Waals surface area contributed by atoms with Crippen molar-refractivity contribution >= 4 is 27.8 Å². The minimum absolute atomic E-state index is 0.0449. The summed E-state index contributed by atoms with van der Waals surface area (Å²) in [6.07, 6.45) is -10.8. The Labute approximate surface area is 290 Å². The Morgan fingerprint density at radius 3 is 2.34 bits per heavy atom. The number of rotatable bonds is 14. The number of nitrogens with zero attached hydrogens (tertiary/aromatic N) is 1. The van der Waals surface area contributed by atoms with Gasteiger partial charge in [-0.2, -0.15) is 4.31 Å². The van der Waals surface area contributed by atoms with Crippen LogP contribution in [0.3, 0.4) is 0 Å². The first-order valence-electron chi connectivity index (χ1n) is 16.5. The second kappa shape index (κ2) is 16.3. The van der Waals surface area contributed by atoms with E-state index in [9.17, 15) is 43.5 Å². The molecule has 0 aromatic heterocycles. The zero-order valence-corrected chi connectivity index (χ0v) is 28.5. The van der Waals surface area contributed by atoms with E-state index < -0.39 is 77.3 Å². The number of carbonyl (C=O) groups excluding carboxylic acids is 1. The van der Waals surface area contributed by atoms with Gasteiger partial charge in [0.25, 0.3) is 0 Å². The number of aliphatic hydroxyl groups is 4. The van der Waals surface area contributed by atoms with Crippen LogP contribution in [0.2, 0.25) is 0 Å². The van der Waals surface area contributed by atoms with Gasteiger partial charge in [0.05, 0.1) is 36.2 Å². The maximum Gasteiger partial charge on any atom is 0.407 e. The molecule has 0 spiro atoms. The summed E-state index contributed by atoms with van der Waals surface area (Å²) in [5.74, 6) is -1.77. The molecule has 10 atom stereocenters. The normalized spacial score (nSPS) is 29.4. The average Bonchev–Trinajstić information content (AvgIpc) is 3.70. The van der Waals surface area contributed by atoms with Crippen LogP contribution in [-0.2, 0) is 40.2 Å². The number of nitrogens with one attached hydrogen (secondary N) is 2. The van der Waals surface area contributed by atoms with Crippen LogP contribution >= 0.6 is 0 Å². The van der Waals surface area contributed by atoms with Crippen molar-refractivity contribution in [3.05, 3.63) is 60.2 Å². The lowest BCUT2D eigenvalue weighted by Gasteiger charge is -2.39. The summed E-state index contributed by atoms with van der Waals surface area (Å²) in [7, 11) is -4.21. The van der Waals surface area contributed by atoms with Gasteiger partial charge in [0.2, 0.25) is 10.0 Å².